The van der Waals surface area contributed by atoms with Crippen molar-refractivity contribution in [3.63, 3.8) is 0 Å². The molecule has 0 saturated heterocycles. The predicted octanol–water partition coefficient (Wildman–Crippen LogP) is 13.3. The molecule has 3 saturated carbocycles. The highest BCUT2D eigenvalue weighted by Crippen LogP contribution is 2.48. The standard InChI is InChI=1S/C57H60ClN5O7/c1-3-36-23-35-21-33(2)22-39(24-35)54(36)70-69-44-11-8-10-43(28-44)68-57(66)60-41-17-15-34(16-18-41)32-67-52-29-51-53(46-13-6-5-12-45(46)52)40(30-58)31-63(51)56(65)50-27-38-25-42(19-20-48(38)62-50)59-55(64)49-26-37-9-4-7-14-47(37)61-49/h4-7,9,12-20,25-27,29,33,35-36,39-40,43-44,54,61-62H,3,8,10-11,21-24,28,30-32H2,1-2H3,(H,59,64)(H,60,66)/t33?,35?,36?,39?,40?,43?,44-,54+/m1/s1. The Kier molecular flexibility index (Phi) is 13.0. The van der Waals surface area contributed by atoms with Gasteiger partial charge in [0, 0.05) is 69.4 Å². The van der Waals surface area contributed by atoms with E-state index in [2.05, 4.69) is 40.5 Å². The summed E-state index contributed by atoms with van der Waals surface area (Å²) in [6.45, 7) is 5.31. The number of carbonyl (C=O) groups is 3. The number of fused-ring (bicyclic) bond motifs is 7. The second-order valence-electron chi connectivity index (χ2n) is 20.3. The van der Waals surface area contributed by atoms with E-state index in [1.165, 1.54) is 25.7 Å². The Morgan fingerprint density at radius 2 is 1.50 bits per heavy atom. The summed E-state index contributed by atoms with van der Waals surface area (Å²) in [6, 6.07) is 34.5. The second-order valence-corrected chi connectivity index (χ2v) is 20.6. The van der Waals surface area contributed by atoms with Gasteiger partial charge in [-0.1, -0.05) is 74.9 Å². The maximum atomic E-state index is 14.5. The van der Waals surface area contributed by atoms with Gasteiger partial charge < -0.3 is 29.7 Å². The first-order valence-electron chi connectivity index (χ1n) is 25.1. The number of halogens is 1. The van der Waals surface area contributed by atoms with Gasteiger partial charge in [0.15, 0.2) is 0 Å². The Bertz CT molecular complexity index is 3020. The van der Waals surface area contributed by atoms with Crippen LogP contribution < -0.4 is 20.3 Å². The van der Waals surface area contributed by atoms with Gasteiger partial charge in [-0.05, 0) is 134 Å². The van der Waals surface area contributed by atoms with E-state index in [0.29, 0.717) is 59.2 Å². The number of ether oxygens (including phenoxy) is 2. The van der Waals surface area contributed by atoms with Crippen molar-refractivity contribution >= 4 is 79.1 Å². The normalized spacial score (nSPS) is 24.1. The zero-order valence-electron chi connectivity index (χ0n) is 39.7. The molecule has 0 radical (unpaired) electrons. The molecule has 3 heterocycles. The molecule has 70 heavy (non-hydrogen) atoms. The zero-order chi connectivity index (χ0) is 47.9. The van der Waals surface area contributed by atoms with Crippen LogP contribution in [0.2, 0.25) is 0 Å². The lowest BCUT2D eigenvalue weighted by molar-refractivity contribution is -0.379. The average Bonchev–Trinajstić information content (AvgIpc) is 4.11. The van der Waals surface area contributed by atoms with Crippen LogP contribution in [0, 0.1) is 23.7 Å². The van der Waals surface area contributed by atoms with Crippen molar-refractivity contribution in [2.45, 2.75) is 102 Å². The van der Waals surface area contributed by atoms with Crippen molar-refractivity contribution in [2.75, 3.05) is 28.0 Å². The fraction of sp³-hybridized carbons (Fsp3) is 0.386. The SMILES string of the molecule is CCC1CC2CC(C)CC(C2)[C@H]1OO[C@@H]1CCCC(OC(=O)Nc2ccc(COc3cc4c(c5ccccc35)C(CCl)CN4C(=O)c3cc4cc(NC(=O)c5cc6ccccc6[nH]5)ccc4[nH]3)cc2)C1. The van der Waals surface area contributed by atoms with E-state index in [0.717, 1.165) is 86.9 Å². The summed E-state index contributed by atoms with van der Waals surface area (Å²) in [5.41, 5.74) is 6.44. The van der Waals surface area contributed by atoms with Crippen molar-refractivity contribution in [1.29, 1.82) is 0 Å². The average molecular weight is 963 g/mol. The van der Waals surface area contributed by atoms with Gasteiger partial charge in [-0.3, -0.25) is 14.9 Å². The third-order valence-electron chi connectivity index (χ3n) is 15.4. The smallest absolute Gasteiger partial charge is 0.411 e. The molecule has 7 aromatic rings. The molecule has 4 aliphatic rings. The molecule has 12 nitrogen and oxygen atoms in total. The minimum atomic E-state index is -0.488. The molecule has 3 fully saturated rings. The van der Waals surface area contributed by atoms with Gasteiger partial charge in [0.1, 0.15) is 29.8 Å². The van der Waals surface area contributed by atoms with Crippen LogP contribution in [-0.4, -0.2) is 58.6 Å². The highest BCUT2D eigenvalue weighted by molar-refractivity contribution is 6.19. The number of alkyl halides is 1. The van der Waals surface area contributed by atoms with Gasteiger partial charge in [-0.15, -0.1) is 11.6 Å². The Labute approximate surface area is 412 Å². The lowest BCUT2D eigenvalue weighted by atomic mass is 9.63. The van der Waals surface area contributed by atoms with Crippen LogP contribution >= 0.6 is 11.6 Å². The molecule has 8 atom stereocenters. The van der Waals surface area contributed by atoms with E-state index in [1.54, 1.807) is 4.90 Å². The second kappa shape index (κ2) is 19.8. The van der Waals surface area contributed by atoms with Crippen LogP contribution in [0.1, 0.15) is 110 Å². The molecule has 6 unspecified atom stereocenters. The lowest BCUT2D eigenvalue weighted by Gasteiger charge is -2.46. The summed E-state index contributed by atoms with van der Waals surface area (Å²) in [7, 11) is 0. The Balaban J connectivity index is 0.723. The lowest BCUT2D eigenvalue weighted by Crippen LogP contribution is -2.44. The minimum absolute atomic E-state index is 0.0900. The molecule has 2 aromatic heterocycles. The molecule has 11 rings (SSSR count). The Morgan fingerprint density at radius 1 is 0.743 bits per heavy atom. The van der Waals surface area contributed by atoms with Crippen LogP contribution in [0.4, 0.5) is 21.9 Å². The quantitative estimate of drug-likeness (QED) is 0.0511. The number of aromatic nitrogens is 2. The van der Waals surface area contributed by atoms with Gasteiger partial charge in [-0.2, -0.15) is 0 Å². The van der Waals surface area contributed by atoms with E-state index in [-0.39, 0.29) is 42.7 Å². The number of H-pyrrole nitrogens is 2. The third-order valence-corrected chi connectivity index (χ3v) is 15.7. The van der Waals surface area contributed by atoms with Gasteiger partial charge in [0.05, 0.1) is 17.9 Å². The molecule has 3 aliphatic carbocycles. The van der Waals surface area contributed by atoms with Crippen molar-refractivity contribution in [1.82, 2.24) is 9.97 Å². The summed E-state index contributed by atoms with van der Waals surface area (Å²) in [5, 5.41) is 9.55. The minimum Gasteiger partial charge on any atom is -0.488 e. The number of amides is 3. The highest BCUT2D eigenvalue weighted by Gasteiger charge is 2.43. The number of benzene rings is 5. The van der Waals surface area contributed by atoms with Crippen LogP contribution in [0.5, 0.6) is 5.75 Å². The molecule has 13 heteroatoms. The summed E-state index contributed by atoms with van der Waals surface area (Å²) < 4.78 is 12.5. The fourth-order valence-electron chi connectivity index (χ4n) is 12.1. The summed E-state index contributed by atoms with van der Waals surface area (Å²) >= 11 is 6.63. The van der Waals surface area contributed by atoms with Gasteiger partial charge in [-0.25, -0.2) is 14.6 Å². The van der Waals surface area contributed by atoms with E-state index in [1.807, 2.05) is 103 Å². The first kappa shape index (κ1) is 46.1. The number of para-hydroxylation sites is 1. The number of nitrogens with zero attached hydrogens (tertiary/aromatic N) is 1. The zero-order valence-corrected chi connectivity index (χ0v) is 40.4. The van der Waals surface area contributed by atoms with Crippen molar-refractivity contribution in [3.8, 4) is 5.75 Å². The molecule has 2 bridgehead atoms. The number of hydrogen-bond donors (Lipinski definition) is 4. The molecule has 1 aliphatic heterocycles. The number of carbonyl (C=O) groups excluding carboxylic acids is 3. The Morgan fingerprint density at radius 3 is 2.33 bits per heavy atom. The number of aromatic amines is 2. The number of anilines is 3. The maximum Gasteiger partial charge on any atom is 0.411 e. The molecular weight excluding hydrogens is 902 g/mol. The first-order valence-corrected chi connectivity index (χ1v) is 25.7. The topological polar surface area (TPSA) is 147 Å². The molecule has 5 aromatic carbocycles. The first-order chi connectivity index (χ1) is 34.2. The molecule has 4 N–H and O–H groups in total. The molecule has 362 valence electrons. The predicted molar refractivity (Wildman–Crippen MR) is 275 cm³/mol. The molecular formula is C57H60ClN5O7. The van der Waals surface area contributed by atoms with Gasteiger partial charge in [0.2, 0.25) is 0 Å². The van der Waals surface area contributed by atoms with Gasteiger partial charge in [0.25, 0.3) is 11.8 Å². The summed E-state index contributed by atoms with van der Waals surface area (Å²) in [4.78, 5) is 61.5. The van der Waals surface area contributed by atoms with Gasteiger partial charge >= 0.3 is 6.09 Å². The van der Waals surface area contributed by atoms with E-state index >= 15 is 0 Å². The van der Waals surface area contributed by atoms with E-state index < -0.39 is 6.09 Å². The van der Waals surface area contributed by atoms with Crippen LogP contribution in [0.25, 0.3) is 32.6 Å². The molecule has 0 spiro atoms. The largest absolute Gasteiger partial charge is 0.488 e. The third kappa shape index (κ3) is 9.49. The van der Waals surface area contributed by atoms with Crippen molar-refractivity contribution in [2.24, 2.45) is 23.7 Å². The Hall–Kier alpha value is -6.34. The highest BCUT2D eigenvalue weighted by atomic mass is 35.5. The monoisotopic (exact) mass is 961 g/mol. The van der Waals surface area contributed by atoms with E-state index in [9.17, 15) is 14.4 Å². The summed E-state index contributed by atoms with van der Waals surface area (Å²) in [6.07, 6.45) is 8.69. The summed E-state index contributed by atoms with van der Waals surface area (Å²) in [5.74, 6) is 3.11. The van der Waals surface area contributed by atoms with Crippen molar-refractivity contribution < 1.29 is 33.6 Å². The number of rotatable bonds is 13. The van der Waals surface area contributed by atoms with Crippen LogP contribution in [-0.2, 0) is 21.1 Å². The number of nitrogens with one attached hydrogen (secondary N) is 4. The van der Waals surface area contributed by atoms with Crippen molar-refractivity contribution in [3.05, 3.63) is 132 Å². The number of hydrogen-bond acceptors (Lipinski definition) is 7. The van der Waals surface area contributed by atoms with E-state index in [4.69, 9.17) is 30.8 Å². The molecule has 3 amide bonds. The fourth-order valence-corrected chi connectivity index (χ4v) is 12.3. The maximum absolute atomic E-state index is 14.5. The van der Waals surface area contributed by atoms with Crippen LogP contribution in [0.3, 0.4) is 0 Å². The van der Waals surface area contributed by atoms with Crippen LogP contribution in [0.15, 0.2) is 109 Å².